The molecule has 0 unspecified atom stereocenters. The summed E-state index contributed by atoms with van der Waals surface area (Å²) in [4.78, 5) is 11.6. The minimum Gasteiger partial charge on any atom is -0.489 e. The Morgan fingerprint density at radius 3 is 2.31 bits per heavy atom. The summed E-state index contributed by atoms with van der Waals surface area (Å²) in [6.07, 6.45) is 1.51. The molecular weight excluding hydrogens is 326 g/mol. The lowest BCUT2D eigenvalue weighted by Gasteiger charge is -2.09. The molecule has 0 amide bonds. The minimum absolute atomic E-state index is 0.0224. The van der Waals surface area contributed by atoms with Gasteiger partial charge >= 0.3 is 5.97 Å². The predicted molar refractivity (Wildman–Crippen MR) is 102 cm³/mol. The molecule has 0 N–H and O–H groups in total. The minimum atomic E-state index is -0.611. The number of rotatable bonds is 7. The van der Waals surface area contributed by atoms with E-state index in [1.807, 2.05) is 18.2 Å². The van der Waals surface area contributed by atoms with Crippen molar-refractivity contribution in [2.24, 2.45) is 0 Å². The molecule has 0 aliphatic heterocycles. The fraction of sp³-hybridized carbons (Fsp3) is 0.273. The van der Waals surface area contributed by atoms with E-state index in [-0.39, 0.29) is 12.2 Å². The van der Waals surface area contributed by atoms with Crippen molar-refractivity contribution in [3.63, 3.8) is 0 Å². The summed E-state index contributed by atoms with van der Waals surface area (Å²) >= 11 is 0. The highest BCUT2D eigenvalue weighted by atomic mass is 16.5. The van der Waals surface area contributed by atoms with Crippen LogP contribution in [0.2, 0.25) is 0 Å². The molecular formula is C22H23NO3. The van der Waals surface area contributed by atoms with Crippen molar-refractivity contribution < 1.29 is 14.3 Å². The molecule has 2 aromatic rings. The first-order chi connectivity index (χ1) is 12.5. The first-order valence-electron chi connectivity index (χ1n) is 8.64. The lowest BCUT2D eigenvalue weighted by molar-refractivity contribution is -0.137. The van der Waals surface area contributed by atoms with Crippen molar-refractivity contribution in [3.05, 3.63) is 70.8 Å². The zero-order valence-corrected chi connectivity index (χ0v) is 15.4. The fourth-order valence-electron chi connectivity index (χ4n) is 2.34. The molecule has 26 heavy (non-hydrogen) atoms. The molecule has 0 fully saturated rings. The van der Waals surface area contributed by atoms with Crippen LogP contribution in [0.1, 0.15) is 43.4 Å². The number of hydrogen-bond donors (Lipinski definition) is 0. The first kappa shape index (κ1) is 19.3. The van der Waals surface area contributed by atoms with E-state index in [0.717, 1.165) is 16.9 Å². The lowest BCUT2D eigenvalue weighted by Crippen LogP contribution is -2.05. The predicted octanol–water partition coefficient (Wildman–Crippen LogP) is 4.86. The Bertz CT molecular complexity index is 797. The van der Waals surface area contributed by atoms with E-state index >= 15 is 0 Å². The Balaban J connectivity index is 1.99. The summed E-state index contributed by atoms with van der Waals surface area (Å²) in [5.74, 6) is 0.628. The maximum atomic E-state index is 11.6. The largest absolute Gasteiger partial charge is 0.489 e. The molecule has 0 bridgehead atoms. The number of benzene rings is 2. The van der Waals surface area contributed by atoms with Crippen molar-refractivity contribution >= 4 is 12.0 Å². The van der Waals surface area contributed by atoms with Crippen LogP contribution in [0.5, 0.6) is 5.75 Å². The Morgan fingerprint density at radius 2 is 1.77 bits per heavy atom. The second-order valence-corrected chi connectivity index (χ2v) is 6.14. The molecule has 0 atom stereocenters. The van der Waals surface area contributed by atoms with Gasteiger partial charge in [-0.25, -0.2) is 4.79 Å². The van der Waals surface area contributed by atoms with Crippen molar-refractivity contribution in [2.45, 2.75) is 33.3 Å². The zero-order chi connectivity index (χ0) is 18.9. The second-order valence-electron chi connectivity index (χ2n) is 6.14. The highest BCUT2D eigenvalue weighted by molar-refractivity contribution is 5.97. The van der Waals surface area contributed by atoms with Crippen LogP contribution >= 0.6 is 0 Å². The molecule has 2 rings (SSSR count). The Morgan fingerprint density at radius 1 is 1.12 bits per heavy atom. The number of nitriles is 1. The molecule has 2 aromatic carbocycles. The van der Waals surface area contributed by atoms with Crippen LogP contribution in [0.3, 0.4) is 0 Å². The van der Waals surface area contributed by atoms with Crippen LogP contribution in [0.15, 0.2) is 54.1 Å². The van der Waals surface area contributed by atoms with Gasteiger partial charge in [0, 0.05) is 0 Å². The number of esters is 1. The second kappa shape index (κ2) is 9.43. The summed E-state index contributed by atoms with van der Waals surface area (Å²) in [7, 11) is 0. The smallest absolute Gasteiger partial charge is 0.348 e. The van der Waals surface area contributed by atoms with Crippen LogP contribution in [0, 0.1) is 11.3 Å². The van der Waals surface area contributed by atoms with Crippen LogP contribution in [0.4, 0.5) is 0 Å². The molecule has 4 heteroatoms. The van der Waals surface area contributed by atoms with Gasteiger partial charge in [-0.3, -0.25) is 0 Å². The SMILES string of the molecule is CCOC(=O)C(C#N)=Cc1ccc(OCc2ccc(C(C)C)cc2)cc1. The molecule has 0 aliphatic carbocycles. The number of carbonyl (C=O) groups is 1. The Kier molecular flexibility index (Phi) is 6.99. The first-order valence-corrected chi connectivity index (χ1v) is 8.64. The van der Waals surface area contributed by atoms with Crippen molar-refractivity contribution in [1.29, 1.82) is 5.26 Å². The van der Waals surface area contributed by atoms with Gasteiger partial charge in [-0.1, -0.05) is 50.2 Å². The van der Waals surface area contributed by atoms with Gasteiger partial charge in [-0.2, -0.15) is 5.26 Å². The molecule has 134 valence electrons. The quantitative estimate of drug-likeness (QED) is 0.407. The summed E-state index contributed by atoms with van der Waals surface area (Å²) in [6.45, 7) is 6.76. The summed E-state index contributed by atoms with van der Waals surface area (Å²) in [5, 5.41) is 9.06. The van der Waals surface area contributed by atoms with Crippen LogP contribution in [-0.4, -0.2) is 12.6 Å². The number of carbonyl (C=O) groups excluding carboxylic acids is 1. The molecule has 0 heterocycles. The van der Waals surface area contributed by atoms with Gasteiger partial charge < -0.3 is 9.47 Å². The van der Waals surface area contributed by atoms with Gasteiger partial charge in [-0.15, -0.1) is 0 Å². The maximum Gasteiger partial charge on any atom is 0.348 e. The third kappa shape index (κ3) is 5.49. The summed E-state index contributed by atoms with van der Waals surface area (Å²) in [6, 6.07) is 17.5. The monoisotopic (exact) mass is 349 g/mol. The van der Waals surface area contributed by atoms with Crippen molar-refractivity contribution in [2.75, 3.05) is 6.61 Å². The molecule has 4 nitrogen and oxygen atoms in total. The van der Waals surface area contributed by atoms with E-state index in [2.05, 4.69) is 38.1 Å². The van der Waals surface area contributed by atoms with Crippen LogP contribution in [0.25, 0.3) is 6.08 Å². The average Bonchev–Trinajstić information content (AvgIpc) is 2.65. The highest BCUT2D eigenvalue weighted by Crippen LogP contribution is 2.18. The van der Waals surface area contributed by atoms with Crippen molar-refractivity contribution in [3.8, 4) is 11.8 Å². The van der Waals surface area contributed by atoms with E-state index in [9.17, 15) is 4.79 Å². The molecule has 0 spiro atoms. The molecule has 0 radical (unpaired) electrons. The Labute approximate surface area is 154 Å². The normalized spacial score (nSPS) is 11.1. The third-order valence-corrected chi connectivity index (χ3v) is 3.86. The number of ether oxygens (including phenoxy) is 2. The molecule has 0 saturated carbocycles. The number of nitrogens with zero attached hydrogens (tertiary/aromatic N) is 1. The Hall–Kier alpha value is -3.06. The van der Waals surface area contributed by atoms with Gasteiger partial charge in [0.05, 0.1) is 6.61 Å². The third-order valence-electron chi connectivity index (χ3n) is 3.86. The standard InChI is InChI=1S/C22H23NO3/c1-4-25-22(24)20(14-23)13-17-7-11-21(12-8-17)26-15-18-5-9-19(10-6-18)16(2)3/h5-13,16H,4,15H2,1-3H3. The molecule has 0 aliphatic rings. The number of hydrogen-bond acceptors (Lipinski definition) is 4. The molecule has 0 saturated heterocycles. The summed E-state index contributed by atoms with van der Waals surface area (Å²) < 4.78 is 10.6. The van der Waals surface area contributed by atoms with Gasteiger partial charge in [0.2, 0.25) is 0 Å². The fourth-order valence-corrected chi connectivity index (χ4v) is 2.34. The lowest BCUT2D eigenvalue weighted by atomic mass is 10.0. The van der Waals surface area contributed by atoms with Crippen molar-refractivity contribution in [1.82, 2.24) is 0 Å². The van der Waals surface area contributed by atoms with Gasteiger partial charge in [-0.05, 0) is 47.7 Å². The van der Waals surface area contributed by atoms with Gasteiger partial charge in [0.15, 0.2) is 0 Å². The average molecular weight is 349 g/mol. The van der Waals surface area contributed by atoms with Crippen LogP contribution in [-0.2, 0) is 16.1 Å². The van der Waals surface area contributed by atoms with E-state index in [0.29, 0.717) is 12.5 Å². The van der Waals surface area contributed by atoms with E-state index in [1.165, 1.54) is 11.6 Å². The van der Waals surface area contributed by atoms with Gasteiger partial charge in [0.1, 0.15) is 24.0 Å². The van der Waals surface area contributed by atoms with E-state index in [4.69, 9.17) is 14.7 Å². The van der Waals surface area contributed by atoms with E-state index < -0.39 is 5.97 Å². The zero-order valence-electron chi connectivity index (χ0n) is 15.4. The van der Waals surface area contributed by atoms with E-state index in [1.54, 1.807) is 19.1 Å². The highest BCUT2D eigenvalue weighted by Gasteiger charge is 2.09. The van der Waals surface area contributed by atoms with Crippen LogP contribution < -0.4 is 4.74 Å². The van der Waals surface area contributed by atoms with Gasteiger partial charge in [0.25, 0.3) is 0 Å². The summed E-state index contributed by atoms with van der Waals surface area (Å²) in [5.41, 5.74) is 3.13. The maximum absolute atomic E-state index is 11.6. The topological polar surface area (TPSA) is 59.3 Å². The molecule has 0 aromatic heterocycles.